The van der Waals surface area contributed by atoms with Gasteiger partial charge in [-0.3, -0.25) is 19.4 Å². The molecule has 0 amide bonds. The lowest BCUT2D eigenvalue weighted by Crippen LogP contribution is -2.47. The third-order valence-electron chi connectivity index (χ3n) is 12.0. The number of fused-ring (bicyclic) bond motifs is 2. The Bertz CT molecular complexity index is 2110. The molecule has 2 saturated carbocycles. The molecule has 0 bridgehead atoms. The first kappa shape index (κ1) is 45.2. The fraction of sp³-hybridized carbons (Fsp3) is 0.571. The maximum atomic E-state index is 13.0. The Morgan fingerprint density at radius 1 is 0.661 bits per heavy atom. The molecule has 8 nitrogen and oxygen atoms in total. The Balaban J connectivity index is 0.000000197. The highest BCUT2D eigenvalue weighted by Gasteiger charge is 2.52. The molecule has 8 rings (SSSR count). The van der Waals surface area contributed by atoms with Gasteiger partial charge in [0.1, 0.15) is 5.60 Å². The normalized spacial score (nSPS) is 19.5. The first-order chi connectivity index (χ1) is 27.3. The molecule has 2 aliphatic heterocycles. The number of carboxylic acids is 1. The molecule has 0 unspecified atom stereocenters. The second-order valence-electron chi connectivity index (χ2n) is 17.2. The Hall–Kier alpha value is -3.31. The van der Waals surface area contributed by atoms with Gasteiger partial charge in [0.2, 0.25) is 0 Å². The average Bonchev–Trinajstić information content (AvgIpc) is 4.06. The summed E-state index contributed by atoms with van der Waals surface area (Å²) in [4.78, 5) is 32.9. The summed E-state index contributed by atoms with van der Waals surface area (Å²) < 4.78 is 84.5. The third kappa shape index (κ3) is 10.6. The fourth-order valence-corrected chi connectivity index (χ4v) is 9.87. The number of carbonyl (C=O) groups excluding carboxylic acids is 1. The maximum Gasteiger partial charge on any atom is 0.416 e. The van der Waals surface area contributed by atoms with E-state index in [2.05, 4.69) is 19.6 Å². The van der Waals surface area contributed by atoms with Crippen LogP contribution in [0.2, 0.25) is 0 Å². The van der Waals surface area contributed by atoms with Crippen LogP contribution < -0.4 is 9.80 Å². The molecule has 4 heterocycles. The molecule has 0 spiro atoms. The number of rotatable bonds is 10. The molecule has 4 fully saturated rings. The molecule has 2 saturated heterocycles. The molecule has 17 heteroatoms. The number of thiophene rings is 2. The van der Waals surface area contributed by atoms with Gasteiger partial charge in [-0.05, 0) is 96.7 Å². The molecule has 59 heavy (non-hydrogen) atoms. The molecular weight excluding hydrogens is 838 g/mol. The van der Waals surface area contributed by atoms with E-state index in [0.29, 0.717) is 15.8 Å². The zero-order chi connectivity index (χ0) is 41.7. The monoisotopic (exact) mass is 888 g/mol. The first-order valence-electron chi connectivity index (χ1n) is 19.8. The lowest BCUT2D eigenvalue weighted by Gasteiger charge is -2.36. The fourth-order valence-electron chi connectivity index (χ4n) is 7.86. The number of anilines is 2. The van der Waals surface area contributed by atoms with Crippen molar-refractivity contribution >= 4 is 78.6 Å². The Kier molecular flexibility index (Phi) is 13.2. The number of halogens is 7. The third-order valence-corrected chi connectivity index (χ3v) is 13.9. The van der Waals surface area contributed by atoms with Crippen LogP contribution in [0, 0.1) is 10.8 Å². The molecule has 2 aromatic heterocycles. The van der Waals surface area contributed by atoms with E-state index in [-0.39, 0.29) is 23.8 Å². The van der Waals surface area contributed by atoms with Crippen molar-refractivity contribution in [2.24, 2.45) is 10.8 Å². The summed E-state index contributed by atoms with van der Waals surface area (Å²) in [6, 6.07) is 7.94. The van der Waals surface area contributed by atoms with Gasteiger partial charge in [-0.25, -0.2) is 0 Å². The number of carboxylic acid groups (broad SMARTS) is 1. The predicted molar refractivity (Wildman–Crippen MR) is 224 cm³/mol. The van der Waals surface area contributed by atoms with Crippen LogP contribution in [0.15, 0.2) is 47.2 Å². The topological polar surface area (TPSA) is 76.6 Å². The van der Waals surface area contributed by atoms with Crippen molar-refractivity contribution < 1.29 is 45.8 Å². The van der Waals surface area contributed by atoms with Gasteiger partial charge < -0.3 is 19.6 Å². The minimum Gasteiger partial charge on any atom is -0.481 e. The Labute approximate surface area is 354 Å². The largest absolute Gasteiger partial charge is 0.481 e. The number of piperazine rings is 2. The number of carbonyl (C=O) groups is 2. The number of ether oxygens (including phenoxy) is 1. The molecule has 1 N–H and O–H groups in total. The summed E-state index contributed by atoms with van der Waals surface area (Å²) >= 11 is 2.70. The van der Waals surface area contributed by atoms with E-state index in [9.17, 15) is 41.0 Å². The smallest absolute Gasteiger partial charge is 0.416 e. The molecule has 324 valence electrons. The Morgan fingerprint density at radius 3 is 1.39 bits per heavy atom. The van der Waals surface area contributed by atoms with Gasteiger partial charge in [0.25, 0.3) is 0 Å². The summed E-state index contributed by atoms with van der Waals surface area (Å²) in [6.07, 6.45) is -3.74. The molecule has 4 aliphatic rings. The summed E-state index contributed by atoms with van der Waals surface area (Å²) in [5, 5.41) is 14.9. The molecule has 2 aromatic carbocycles. The second-order valence-corrected chi connectivity index (χ2v) is 19.0. The second kappa shape index (κ2) is 17.2. The van der Waals surface area contributed by atoms with Gasteiger partial charge >= 0.3 is 24.3 Å². The van der Waals surface area contributed by atoms with Crippen molar-refractivity contribution in [2.45, 2.75) is 77.2 Å². The van der Waals surface area contributed by atoms with Crippen LogP contribution >= 0.6 is 35.1 Å². The zero-order valence-electron chi connectivity index (χ0n) is 33.4. The van der Waals surface area contributed by atoms with Crippen molar-refractivity contribution in [1.82, 2.24) is 9.80 Å². The standard InChI is InChI=1S/C23H29F3N2O2S.C19H21F3N2O2S.ClH/c1-21(2,3)30-20(29)22(6-7-22)8-9-27-10-12-28(13-11-27)18-15-31-19-14-16(23(24,25)26)4-5-17(18)19;20-19(21,22)13-1-2-14-15(12-27-16(14)11-13)24-9-7-23(8-10-24)6-5-18(3-4-18)17(25)26;/h4-5,14-15H,6-13H2,1-3H3;1-2,11-12H,3-10H2,(H,25,26);1H. The summed E-state index contributed by atoms with van der Waals surface area (Å²) in [5.41, 5.74) is -0.449. The summed E-state index contributed by atoms with van der Waals surface area (Å²) in [6.45, 7) is 14.0. The van der Waals surface area contributed by atoms with Crippen LogP contribution in [0.1, 0.15) is 70.4 Å². The van der Waals surface area contributed by atoms with E-state index in [1.807, 2.05) is 31.5 Å². The summed E-state index contributed by atoms with van der Waals surface area (Å²) in [5.74, 6) is -0.745. The Morgan fingerprint density at radius 2 is 1.05 bits per heavy atom. The number of nitrogens with zero attached hydrogens (tertiary/aromatic N) is 4. The van der Waals surface area contributed by atoms with Gasteiger partial charge in [0, 0.05) is 83.3 Å². The highest BCUT2D eigenvalue weighted by molar-refractivity contribution is 7.18. The number of alkyl halides is 6. The quantitative estimate of drug-likeness (QED) is 0.125. The van der Waals surface area contributed by atoms with Gasteiger partial charge in [0.15, 0.2) is 0 Å². The van der Waals surface area contributed by atoms with E-state index in [1.54, 1.807) is 12.1 Å². The van der Waals surface area contributed by atoms with Crippen molar-refractivity contribution in [3.05, 3.63) is 58.3 Å². The van der Waals surface area contributed by atoms with Crippen molar-refractivity contribution in [3.8, 4) is 0 Å². The van der Waals surface area contributed by atoms with Gasteiger partial charge in [-0.2, -0.15) is 26.3 Å². The molecule has 0 atom stereocenters. The predicted octanol–water partition coefficient (Wildman–Crippen LogP) is 10.3. The van der Waals surface area contributed by atoms with Crippen LogP contribution in [0.4, 0.5) is 37.7 Å². The van der Waals surface area contributed by atoms with Crippen molar-refractivity contribution in [2.75, 3.05) is 75.2 Å². The molecule has 0 radical (unpaired) electrons. The highest BCUT2D eigenvalue weighted by atomic mass is 35.5. The number of hydrogen-bond donors (Lipinski definition) is 1. The van der Waals surface area contributed by atoms with Gasteiger partial charge in [0.05, 0.1) is 33.3 Å². The van der Waals surface area contributed by atoms with Crippen LogP contribution in [0.25, 0.3) is 20.2 Å². The molecule has 4 aromatic rings. The number of benzene rings is 2. The van der Waals surface area contributed by atoms with Crippen LogP contribution in [0.5, 0.6) is 0 Å². The number of esters is 1. The number of hydrogen-bond acceptors (Lipinski definition) is 9. The summed E-state index contributed by atoms with van der Waals surface area (Å²) in [7, 11) is 0. The van der Waals surface area contributed by atoms with E-state index in [4.69, 9.17) is 4.74 Å². The minimum atomic E-state index is -4.32. The zero-order valence-corrected chi connectivity index (χ0v) is 35.8. The van der Waals surface area contributed by atoms with E-state index in [1.165, 1.54) is 40.9 Å². The minimum absolute atomic E-state index is 0. The molecular formula is C42H51ClF6N4O4S2. The lowest BCUT2D eigenvalue weighted by atomic mass is 10.0. The van der Waals surface area contributed by atoms with Crippen LogP contribution in [-0.2, 0) is 26.7 Å². The SMILES string of the molecule is CC(C)(C)OC(=O)C1(CCN2CCN(c3csc4cc(C(F)(F)F)ccc34)CC2)CC1.Cl.O=C(O)C1(CCN2CCN(c3csc4cc(C(F)(F)F)ccc34)CC2)CC1. The van der Waals surface area contributed by atoms with Gasteiger partial charge in [-0.15, -0.1) is 35.1 Å². The first-order valence-corrected chi connectivity index (χ1v) is 21.6. The lowest BCUT2D eigenvalue weighted by molar-refractivity contribution is -0.162. The molecule has 2 aliphatic carbocycles. The van der Waals surface area contributed by atoms with E-state index >= 15 is 0 Å². The van der Waals surface area contributed by atoms with E-state index in [0.717, 1.165) is 126 Å². The van der Waals surface area contributed by atoms with Crippen LogP contribution in [-0.4, -0.2) is 97.9 Å². The van der Waals surface area contributed by atoms with Crippen molar-refractivity contribution in [1.29, 1.82) is 0 Å². The van der Waals surface area contributed by atoms with Crippen LogP contribution in [0.3, 0.4) is 0 Å². The van der Waals surface area contributed by atoms with E-state index < -0.39 is 40.5 Å². The highest BCUT2D eigenvalue weighted by Crippen LogP contribution is 2.51. The maximum absolute atomic E-state index is 13.0. The van der Waals surface area contributed by atoms with Crippen molar-refractivity contribution in [3.63, 3.8) is 0 Å². The average molecular weight is 889 g/mol. The van der Waals surface area contributed by atoms with Gasteiger partial charge in [-0.1, -0.05) is 12.1 Å². The number of aliphatic carboxylic acids is 1.